The van der Waals surface area contributed by atoms with Gasteiger partial charge in [-0.2, -0.15) is 0 Å². The largest absolute Gasteiger partial charge is 0.396 e. The van der Waals surface area contributed by atoms with E-state index in [4.69, 9.17) is 0 Å². The number of anilines is 1. The molecular weight excluding hydrogens is 380 g/mol. The minimum absolute atomic E-state index is 0.120. The van der Waals surface area contributed by atoms with Gasteiger partial charge in [-0.1, -0.05) is 35.0 Å². The quantitative estimate of drug-likeness (QED) is 0.711. The molecule has 4 nitrogen and oxygen atoms in total. The van der Waals surface area contributed by atoms with Gasteiger partial charge >= 0.3 is 0 Å². The van der Waals surface area contributed by atoms with Crippen LogP contribution in [0.15, 0.2) is 40.9 Å². The van der Waals surface area contributed by atoms with E-state index in [9.17, 15) is 9.90 Å². The van der Waals surface area contributed by atoms with Gasteiger partial charge in [0.05, 0.1) is 0 Å². The zero-order valence-electron chi connectivity index (χ0n) is 14.3. The first-order chi connectivity index (χ1) is 12.1. The van der Waals surface area contributed by atoms with E-state index < -0.39 is 0 Å². The Morgan fingerprint density at radius 1 is 1.32 bits per heavy atom. The summed E-state index contributed by atoms with van der Waals surface area (Å²) >= 11 is 3.52. The number of amides is 1. The summed E-state index contributed by atoms with van der Waals surface area (Å²) in [7, 11) is 0. The third-order valence-electron chi connectivity index (χ3n) is 4.68. The zero-order chi connectivity index (χ0) is 17.8. The van der Waals surface area contributed by atoms with Gasteiger partial charge in [0.15, 0.2) is 0 Å². The molecule has 0 fully saturated rings. The number of nitrogens with one attached hydrogen (secondary N) is 2. The van der Waals surface area contributed by atoms with Crippen molar-refractivity contribution < 1.29 is 9.90 Å². The summed E-state index contributed by atoms with van der Waals surface area (Å²) in [6.07, 6.45) is 2.57. The molecule has 0 radical (unpaired) electrons. The molecule has 5 heteroatoms. The van der Waals surface area contributed by atoms with Crippen LogP contribution in [0.25, 0.3) is 0 Å². The van der Waals surface area contributed by atoms with Crippen molar-refractivity contribution in [1.82, 2.24) is 5.32 Å². The van der Waals surface area contributed by atoms with Crippen LogP contribution < -0.4 is 10.6 Å². The lowest BCUT2D eigenvalue weighted by Gasteiger charge is -2.27. The van der Waals surface area contributed by atoms with Crippen molar-refractivity contribution in [2.45, 2.75) is 32.2 Å². The van der Waals surface area contributed by atoms with Gasteiger partial charge in [-0.25, -0.2) is 0 Å². The Balaban J connectivity index is 1.80. The Labute approximate surface area is 156 Å². The monoisotopic (exact) mass is 402 g/mol. The maximum Gasteiger partial charge on any atom is 0.255 e. The zero-order valence-corrected chi connectivity index (χ0v) is 15.9. The molecule has 1 atom stereocenters. The fourth-order valence-electron chi connectivity index (χ4n) is 3.28. The highest BCUT2D eigenvalue weighted by molar-refractivity contribution is 9.10. The molecule has 1 aliphatic heterocycles. The van der Waals surface area contributed by atoms with Gasteiger partial charge < -0.3 is 15.7 Å². The molecule has 0 saturated heterocycles. The van der Waals surface area contributed by atoms with Crippen LogP contribution in [0.2, 0.25) is 0 Å². The van der Waals surface area contributed by atoms with Crippen LogP contribution in [-0.4, -0.2) is 24.2 Å². The number of hydrogen-bond donors (Lipinski definition) is 3. The molecule has 1 aliphatic rings. The molecule has 0 spiro atoms. The van der Waals surface area contributed by atoms with E-state index in [-0.39, 0.29) is 18.6 Å². The van der Waals surface area contributed by atoms with Gasteiger partial charge in [-0.3, -0.25) is 4.79 Å². The standard InChI is InChI=1S/C20H23BrN2O2/c1-2-13-3-4-15(11-18(13)21)20(25)23-16-6-5-14-7-9-22-19(8-10-24)17(14)12-16/h3-6,11-12,19,22,24H,2,7-10H2,1H3,(H,23,25). The summed E-state index contributed by atoms with van der Waals surface area (Å²) in [4.78, 5) is 12.6. The Morgan fingerprint density at radius 2 is 2.16 bits per heavy atom. The third-order valence-corrected chi connectivity index (χ3v) is 5.42. The van der Waals surface area contributed by atoms with E-state index in [0.717, 1.165) is 29.5 Å². The maximum absolute atomic E-state index is 12.6. The molecule has 132 valence electrons. The Morgan fingerprint density at radius 3 is 2.88 bits per heavy atom. The highest BCUT2D eigenvalue weighted by Gasteiger charge is 2.20. The van der Waals surface area contributed by atoms with Crippen LogP contribution in [0.1, 0.15) is 46.4 Å². The van der Waals surface area contributed by atoms with Gasteiger partial charge in [0.1, 0.15) is 0 Å². The Hall–Kier alpha value is -1.69. The van der Waals surface area contributed by atoms with E-state index in [1.54, 1.807) is 0 Å². The summed E-state index contributed by atoms with van der Waals surface area (Å²) in [5.74, 6) is -0.120. The molecule has 0 bridgehead atoms. The van der Waals surface area contributed by atoms with Gasteiger partial charge in [-0.05, 0) is 66.8 Å². The summed E-state index contributed by atoms with van der Waals surface area (Å²) in [6.45, 7) is 3.15. The molecule has 3 rings (SSSR count). The predicted molar refractivity (Wildman–Crippen MR) is 104 cm³/mol. The molecule has 2 aromatic carbocycles. The van der Waals surface area contributed by atoms with Crippen molar-refractivity contribution >= 4 is 27.5 Å². The average molecular weight is 403 g/mol. The second kappa shape index (κ2) is 8.13. The third kappa shape index (κ3) is 4.11. The normalized spacial score (nSPS) is 16.4. The highest BCUT2D eigenvalue weighted by Crippen LogP contribution is 2.28. The van der Waals surface area contributed by atoms with Crippen LogP contribution >= 0.6 is 15.9 Å². The summed E-state index contributed by atoms with van der Waals surface area (Å²) < 4.78 is 0.959. The number of halogens is 1. The fourth-order valence-corrected chi connectivity index (χ4v) is 3.94. The minimum Gasteiger partial charge on any atom is -0.396 e. The number of carbonyl (C=O) groups is 1. The average Bonchev–Trinajstić information content (AvgIpc) is 2.62. The number of aliphatic hydroxyl groups is 1. The molecule has 1 unspecified atom stereocenters. The van der Waals surface area contributed by atoms with Crippen molar-refractivity contribution in [2.24, 2.45) is 0 Å². The van der Waals surface area contributed by atoms with Crippen LogP contribution in [0, 0.1) is 0 Å². The molecular formula is C20H23BrN2O2. The molecule has 0 saturated carbocycles. The van der Waals surface area contributed by atoms with Crippen molar-refractivity contribution in [3.8, 4) is 0 Å². The van der Waals surface area contributed by atoms with E-state index in [1.807, 2.05) is 30.3 Å². The summed E-state index contributed by atoms with van der Waals surface area (Å²) in [5.41, 5.74) is 5.05. The summed E-state index contributed by atoms with van der Waals surface area (Å²) in [5, 5.41) is 15.7. The van der Waals surface area contributed by atoms with E-state index in [2.05, 4.69) is 39.6 Å². The number of aliphatic hydroxyl groups excluding tert-OH is 1. The molecule has 0 aliphatic carbocycles. The van der Waals surface area contributed by atoms with Gasteiger partial charge in [-0.15, -0.1) is 0 Å². The second-order valence-corrected chi connectivity index (χ2v) is 7.15. The molecule has 3 N–H and O–H groups in total. The number of rotatable bonds is 5. The number of benzene rings is 2. The summed E-state index contributed by atoms with van der Waals surface area (Å²) in [6, 6.07) is 11.9. The first-order valence-corrected chi connectivity index (χ1v) is 9.48. The Bertz CT molecular complexity index is 776. The van der Waals surface area contributed by atoms with Crippen LogP contribution in [0.5, 0.6) is 0 Å². The first kappa shape index (κ1) is 18.1. The molecule has 0 aromatic heterocycles. The van der Waals surface area contributed by atoms with Gasteiger partial charge in [0.2, 0.25) is 0 Å². The van der Waals surface area contributed by atoms with E-state index >= 15 is 0 Å². The highest BCUT2D eigenvalue weighted by atomic mass is 79.9. The molecule has 1 amide bonds. The number of carbonyl (C=O) groups excluding carboxylic acids is 1. The predicted octanol–water partition coefficient (Wildman–Crippen LogP) is 3.83. The van der Waals surface area contributed by atoms with E-state index in [1.165, 1.54) is 16.7 Å². The number of fused-ring (bicyclic) bond motifs is 1. The lowest BCUT2D eigenvalue weighted by atomic mass is 9.92. The van der Waals surface area contributed by atoms with Crippen molar-refractivity contribution in [2.75, 3.05) is 18.5 Å². The fraction of sp³-hybridized carbons (Fsp3) is 0.350. The number of hydrogen-bond acceptors (Lipinski definition) is 3. The van der Waals surface area contributed by atoms with Gasteiger partial charge in [0, 0.05) is 28.4 Å². The van der Waals surface area contributed by atoms with Gasteiger partial charge in [0.25, 0.3) is 5.91 Å². The lowest BCUT2D eigenvalue weighted by molar-refractivity contribution is 0.102. The van der Waals surface area contributed by atoms with Crippen molar-refractivity contribution in [3.05, 3.63) is 63.1 Å². The molecule has 25 heavy (non-hydrogen) atoms. The van der Waals surface area contributed by atoms with Crippen LogP contribution in [0.4, 0.5) is 5.69 Å². The Kier molecular flexibility index (Phi) is 5.89. The maximum atomic E-state index is 12.6. The first-order valence-electron chi connectivity index (χ1n) is 8.69. The minimum atomic E-state index is -0.120. The topological polar surface area (TPSA) is 61.4 Å². The van der Waals surface area contributed by atoms with Crippen molar-refractivity contribution in [3.63, 3.8) is 0 Å². The SMILES string of the molecule is CCc1ccc(C(=O)Nc2ccc3c(c2)C(CCO)NCC3)cc1Br. The lowest BCUT2D eigenvalue weighted by Crippen LogP contribution is -2.30. The van der Waals surface area contributed by atoms with Crippen LogP contribution in [0.3, 0.4) is 0 Å². The van der Waals surface area contributed by atoms with Crippen LogP contribution in [-0.2, 0) is 12.8 Å². The molecule has 2 aromatic rings. The molecule has 1 heterocycles. The second-order valence-electron chi connectivity index (χ2n) is 6.30. The van der Waals surface area contributed by atoms with E-state index in [0.29, 0.717) is 12.0 Å². The smallest absolute Gasteiger partial charge is 0.255 e. The number of aryl methyl sites for hydroxylation is 1. The van der Waals surface area contributed by atoms with Crippen molar-refractivity contribution in [1.29, 1.82) is 0 Å².